The van der Waals surface area contributed by atoms with E-state index < -0.39 is 0 Å². The van der Waals surface area contributed by atoms with E-state index in [-0.39, 0.29) is 0 Å². The molecule has 1 aliphatic rings. The first-order chi connectivity index (χ1) is 8.83. The SMILES string of the molecule is Brc1cccc2cnc(NC3CCCCC3)nc12. The number of benzene rings is 1. The van der Waals surface area contributed by atoms with Gasteiger partial charge in [0.2, 0.25) is 5.95 Å². The van der Waals surface area contributed by atoms with Crippen LogP contribution in [0.4, 0.5) is 5.95 Å². The van der Waals surface area contributed by atoms with Gasteiger partial charge in [0.25, 0.3) is 0 Å². The third-order valence-corrected chi connectivity index (χ3v) is 4.14. The second-order valence-electron chi connectivity index (χ2n) is 4.85. The van der Waals surface area contributed by atoms with Gasteiger partial charge in [-0.1, -0.05) is 31.4 Å². The van der Waals surface area contributed by atoms with Crippen LogP contribution in [0.3, 0.4) is 0 Å². The van der Waals surface area contributed by atoms with Gasteiger partial charge < -0.3 is 5.32 Å². The minimum atomic E-state index is 0.540. The van der Waals surface area contributed by atoms with Gasteiger partial charge in [0.05, 0.1) is 5.52 Å². The minimum absolute atomic E-state index is 0.540. The molecule has 2 aromatic rings. The van der Waals surface area contributed by atoms with Crippen molar-refractivity contribution in [1.82, 2.24) is 9.97 Å². The fourth-order valence-electron chi connectivity index (χ4n) is 2.52. The highest BCUT2D eigenvalue weighted by Crippen LogP contribution is 2.24. The van der Waals surface area contributed by atoms with Crippen LogP contribution in [0.1, 0.15) is 32.1 Å². The highest BCUT2D eigenvalue weighted by atomic mass is 79.9. The molecule has 1 heterocycles. The number of para-hydroxylation sites is 1. The molecule has 1 fully saturated rings. The largest absolute Gasteiger partial charge is 0.351 e. The molecule has 0 spiro atoms. The zero-order chi connectivity index (χ0) is 12.4. The maximum Gasteiger partial charge on any atom is 0.223 e. The lowest BCUT2D eigenvalue weighted by Crippen LogP contribution is -2.23. The van der Waals surface area contributed by atoms with E-state index in [1.807, 2.05) is 24.4 Å². The molecule has 1 aromatic carbocycles. The van der Waals surface area contributed by atoms with Crippen LogP contribution in [0.5, 0.6) is 0 Å². The first-order valence-corrected chi connectivity index (χ1v) is 7.30. The third-order valence-electron chi connectivity index (χ3n) is 3.50. The second kappa shape index (κ2) is 5.22. The predicted octanol–water partition coefficient (Wildman–Crippen LogP) is 4.14. The molecule has 0 saturated heterocycles. The van der Waals surface area contributed by atoms with Crippen molar-refractivity contribution >= 4 is 32.8 Å². The second-order valence-corrected chi connectivity index (χ2v) is 5.70. The van der Waals surface area contributed by atoms with Crippen LogP contribution in [0.25, 0.3) is 10.9 Å². The van der Waals surface area contributed by atoms with Gasteiger partial charge in [-0.3, -0.25) is 0 Å². The molecule has 1 aliphatic carbocycles. The Morgan fingerprint density at radius 3 is 2.83 bits per heavy atom. The van der Waals surface area contributed by atoms with Crippen molar-refractivity contribution in [3.8, 4) is 0 Å². The van der Waals surface area contributed by atoms with E-state index in [1.54, 1.807) is 0 Å². The molecule has 94 valence electrons. The van der Waals surface area contributed by atoms with E-state index in [0.29, 0.717) is 6.04 Å². The van der Waals surface area contributed by atoms with Crippen LogP contribution >= 0.6 is 15.9 Å². The summed E-state index contributed by atoms with van der Waals surface area (Å²) in [7, 11) is 0. The molecule has 18 heavy (non-hydrogen) atoms. The Bertz CT molecular complexity index is 550. The molecule has 1 N–H and O–H groups in total. The fraction of sp³-hybridized carbons (Fsp3) is 0.429. The number of rotatable bonds is 2. The predicted molar refractivity (Wildman–Crippen MR) is 77.7 cm³/mol. The topological polar surface area (TPSA) is 37.8 Å². The average molecular weight is 306 g/mol. The van der Waals surface area contributed by atoms with Gasteiger partial charge in [-0.25, -0.2) is 9.97 Å². The van der Waals surface area contributed by atoms with Gasteiger partial charge in [0.1, 0.15) is 0 Å². The average Bonchev–Trinajstić information content (AvgIpc) is 2.41. The molecule has 1 aromatic heterocycles. The Balaban J connectivity index is 1.86. The molecule has 0 aliphatic heterocycles. The highest BCUT2D eigenvalue weighted by Gasteiger charge is 2.14. The van der Waals surface area contributed by atoms with Gasteiger partial charge in [-0.2, -0.15) is 0 Å². The molecule has 0 amide bonds. The summed E-state index contributed by atoms with van der Waals surface area (Å²) in [5, 5.41) is 4.53. The maximum atomic E-state index is 4.60. The van der Waals surface area contributed by atoms with Crippen LogP contribution < -0.4 is 5.32 Å². The fourth-order valence-corrected chi connectivity index (χ4v) is 2.99. The summed E-state index contributed by atoms with van der Waals surface area (Å²) >= 11 is 3.54. The van der Waals surface area contributed by atoms with Gasteiger partial charge in [0.15, 0.2) is 0 Å². The van der Waals surface area contributed by atoms with E-state index in [0.717, 1.165) is 21.3 Å². The first kappa shape index (κ1) is 11.9. The Morgan fingerprint density at radius 1 is 1.17 bits per heavy atom. The molecular weight excluding hydrogens is 290 g/mol. The molecule has 0 radical (unpaired) electrons. The summed E-state index contributed by atoms with van der Waals surface area (Å²) in [5.41, 5.74) is 0.978. The lowest BCUT2D eigenvalue weighted by molar-refractivity contribution is 0.461. The van der Waals surface area contributed by atoms with Crippen LogP contribution in [0.15, 0.2) is 28.9 Å². The number of halogens is 1. The van der Waals surface area contributed by atoms with E-state index in [1.165, 1.54) is 32.1 Å². The standard InChI is InChI=1S/C14H16BrN3/c15-12-8-4-5-10-9-16-14(18-13(10)12)17-11-6-2-1-3-7-11/h4-5,8-9,11H,1-3,6-7H2,(H,16,17,18). The lowest BCUT2D eigenvalue weighted by Gasteiger charge is -2.22. The number of nitrogens with zero attached hydrogens (tertiary/aromatic N) is 2. The third kappa shape index (κ3) is 2.48. The molecule has 0 unspecified atom stereocenters. The normalized spacial score (nSPS) is 16.9. The van der Waals surface area contributed by atoms with Gasteiger partial charge in [-0.15, -0.1) is 0 Å². The number of hydrogen-bond donors (Lipinski definition) is 1. The number of anilines is 1. The van der Waals surface area contributed by atoms with Crippen molar-refractivity contribution in [2.24, 2.45) is 0 Å². The highest BCUT2D eigenvalue weighted by molar-refractivity contribution is 9.10. The molecule has 4 heteroatoms. The zero-order valence-corrected chi connectivity index (χ0v) is 11.8. The summed E-state index contributed by atoms with van der Waals surface area (Å²) in [6.45, 7) is 0. The van der Waals surface area contributed by atoms with Gasteiger partial charge in [-0.05, 0) is 34.8 Å². The molecule has 0 atom stereocenters. The Kier molecular flexibility index (Phi) is 3.46. The van der Waals surface area contributed by atoms with Crippen molar-refractivity contribution < 1.29 is 0 Å². The summed E-state index contributed by atoms with van der Waals surface area (Å²) in [6, 6.07) is 6.59. The monoisotopic (exact) mass is 305 g/mol. The van der Waals surface area contributed by atoms with E-state index >= 15 is 0 Å². The van der Waals surface area contributed by atoms with Crippen molar-refractivity contribution in [2.45, 2.75) is 38.1 Å². The van der Waals surface area contributed by atoms with Gasteiger partial charge >= 0.3 is 0 Å². The minimum Gasteiger partial charge on any atom is -0.351 e. The Hall–Kier alpha value is -1.16. The number of aromatic nitrogens is 2. The zero-order valence-electron chi connectivity index (χ0n) is 10.2. The van der Waals surface area contributed by atoms with E-state index in [4.69, 9.17) is 0 Å². The van der Waals surface area contributed by atoms with Crippen molar-refractivity contribution in [3.63, 3.8) is 0 Å². The van der Waals surface area contributed by atoms with Crippen molar-refractivity contribution in [2.75, 3.05) is 5.32 Å². The molecule has 3 rings (SSSR count). The molecular formula is C14H16BrN3. The van der Waals surface area contributed by atoms with Crippen LogP contribution in [0.2, 0.25) is 0 Å². The van der Waals surface area contributed by atoms with Crippen LogP contribution in [-0.2, 0) is 0 Å². The van der Waals surface area contributed by atoms with E-state index in [2.05, 4.69) is 31.2 Å². The summed E-state index contributed by atoms with van der Waals surface area (Å²) in [5.74, 6) is 0.751. The lowest BCUT2D eigenvalue weighted by atomic mass is 9.96. The molecule has 0 bridgehead atoms. The number of fused-ring (bicyclic) bond motifs is 1. The van der Waals surface area contributed by atoms with Gasteiger partial charge in [0, 0.05) is 22.1 Å². The van der Waals surface area contributed by atoms with Crippen LogP contribution in [-0.4, -0.2) is 16.0 Å². The smallest absolute Gasteiger partial charge is 0.223 e. The van der Waals surface area contributed by atoms with Crippen molar-refractivity contribution in [3.05, 3.63) is 28.9 Å². The molecule has 1 saturated carbocycles. The van der Waals surface area contributed by atoms with Crippen LogP contribution in [0, 0.1) is 0 Å². The summed E-state index contributed by atoms with van der Waals surface area (Å²) in [4.78, 5) is 9.00. The quantitative estimate of drug-likeness (QED) is 0.906. The maximum absolute atomic E-state index is 4.60. The van der Waals surface area contributed by atoms with E-state index in [9.17, 15) is 0 Å². The Morgan fingerprint density at radius 2 is 2.00 bits per heavy atom. The summed E-state index contributed by atoms with van der Waals surface area (Å²) in [6.07, 6.45) is 8.35. The summed E-state index contributed by atoms with van der Waals surface area (Å²) < 4.78 is 1.02. The van der Waals surface area contributed by atoms with Crippen molar-refractivity contribution in [1.29, 1.82) is 0 Å². The first-order valence-electron chi connectivity index (χ1n) is 6.51. The Labute approximate surface area is 115 Å². The molecule has 3 nitrogen and oxygen atoms in total. The number of hydrogen-bond acceptors (Lipinski definition) is 3. The number of nitrogens with one attached hydrogen (secondary N) is 1.